The lowest BCUT2D eigenvalue weighted by Gasteiger charge is -2.25. The molecule has 180 valence electrons. The molecule has 1 amide bonds. The van der Waals surface area contributed by atoms with Crippen molar-refractivity contribution in [1.82, 2.24) is 9.88 Å². The fourth-order valence-corrected chi connectivity index (χ4v) is 4.54. The Morgan fingerprint density at radius 2 is 1.58 bits per heavy atom. The van der Waals surface area contributed by atoms with Crippen LogP contribution in [0.1, 0.15) is 28.3 Å². The number of ketones is 1. The Balaban J connectivity index is 0.000000967. The van der Waals surface area contributed by atoms with Gasteiger partial charge in [0.05, 0.1) is 11.6 Å². The summed E-state index contributed by atoms with van der Waals surface area (Å²) in [6, 6.07) is 24.0. The molecule has 2 heterocycles. The van der Waals surface area contributed by atoms with Gasteiger partial charge in [0, 0.05) is 29.2 Å². The average molecular weight is 481 g/mol. The van der Waals surface area contributed by atoms with Crippen molar-refractivity contribution in [2.24, 2.45) is 0 Å². The number of nitrogens with one attached hydrogen (secondary N) is 1. The van der Waals surface area contributed by atoms with E-state index in [0.29, 0.717) is 18.5 Å². The minimum Gasteiger partial charge on any atom is -0.507 e. The summed E-state index contributed by atoms with van der Waals surface area (Å²) in [5.41, 5.74) is 4.65. The van der Waals surface area contributed by atoms with Crippen LogP contribution in [0.2, 0.25) is 0 Å². The summed E-state index contributed by atoms with van der Waals surface area (Å²) in [5.74, 6) is -1.38. The Hall–Kier alpha value is -4.74. The van der Waals surface area contributed by atoms with Crippen molar-refractivity contribution in [3.05, 3.63) is 113 Å². The van der Waals surface area contributed by atoms with E-state index in [9.17, 15) is 14.7 Å². The van der Waals surface area contributed by atoms with Crippen LogP contribution in [0.25, 0.3) is 16.7 Å². The van der Waals surface area contributed by atoms with E-state index in [1.165, 1.54) is 0 Å². The summed E-state index contributed by atoms with van der Waals surface area (Å²) in [6.07, 6.45) is 2.79. The standard InChI is InChI=1S/C28H24N2O3.CO2/c1-18-11-13-19(14-12-18)25-24(26(31)20-7-3-2-4-8-20)27(32)28(33)30(25)16-15-21-17-29-23-10-6-5-9-22(21)23;2-1-3/h2-14,17,25,29,31H,15-16H2,1H3;. The molecule has 1 unspecified atom stereocenters. The third-order valence-corrected chi connectivity index (χ3v) is 6.28. The van der Waals surface area contributed by atoms with E-state index in [0.717, 1.165) is 27.6 Å². The highest BCUT2D eigenvalue weighted by atomic mass is 16.3. The van der Waals surface area contributed by atoms with Gasteiger partial charge in [-0.1, -0.05) is 78.4 Å². The van der Waals surface area contributed by atoms with Gasteiger partial charge >= 0.3 is 6.15 Å². The molecule has 5 rings (SSSR count). The number of aromatic amines is 1. The van der Waals surface area contributed by atoms with Crippen LogP contribution in [0.3, 0.4) is 0 Å². The maximum absolute atomic E-state index is 13.1. The number of carbonyl (C=O) groups is 2. The van der Waals surface area contributed by atoms with Crippen LogP contribution in [0.5, 0.6) is 0 Å². The Morgan fingerprint density at radius 1 is 0.944 bits per heavy atom. The van der Waals surface area contributed by atoms with Crippen LogP contribution in [0.15, 0.2) is 90.6 Å². The zero-order valence-electron chi connectivity index (χ0n) is 19.6. The Morgan fingerprint density at radius 3 is 2.28 bits per heavy atom. The number of aryl methyl sites for hydroxylation is 1. The van der Waals surface area contributed by atoms with Crippen LogP contribution in [-0.2, 0) is 25.6 Å². The zero-order valence-corrected chi connectivity index (χ0v) is 19.6. The number of aliphatic hydroxyl groups excluding tert-OH is 1. The number of aromatic nitrogens is 1. The van der Waals surface area contributed by atoms with Gasteiger partial charge in [-0.25, -0.2) is 0 Å². The van der Waals surface area contributed by atoms with Crippen molar-refractivity contribution in [3.8, 4) is 0 Å². The van der Waals surface area contributed by atoms with Gasteiger partial charge in [-0.15, -0.1) is 0 Å². The summed E-state index contributed by atoms with van der Waals surface area (Å²) in [4.78, 5) is 47.4. The monoisotopic (exact) mass is 480 g/mol. The number of aliphatic hydroxyl groups is 1. The number of benzene rings is 3. The van der Waals surface area contributed by atoms with Crippen LogP contribution in [0, 0.1) is 6.92 Å². The molecule has 36 heavy (non-hydrogen) atoms. The van der Waals surface area contributed by atoms with Gasteiger partial charge in [0.2, 0.25) is 0 Å². The molecule has 1 aliphatic rings. The van der Waals surface area contributed by atoms with E-state index >= 15 is 0 Å². The lowest BCUT2D eigenvalue weighted by atomic mass is 9.94. The molecular formula is C29H24N2O5. The minimum atomic E-state index is -0.652. The second kappa shape index (κ2) is 10.7. The predicted molar refractivity (Wildman–Crippen MR) is 134 cm³/mol. The number of fused-ring (bicyclic) bond motifs is 1. The molecule has 7 nitrogen and oxygen atoms in total. The van der Waals surface area contributed by atoms with Crippen molar-refractivity contribution in [2.45, 2.75) is 19.4 Å². The second-order valence-corrected chi connectivity index (χ2v) is 8.46. The number of Topliss-reactive ketones (excluding diaryl/α,β-unsaturated/α-hetero) is 1. The number of nitrogens with zero attached hydrogens (tertiary/aromatic N) is 1. The van der Waals surface area contributed by atoms with E-state index in [4.69, 9.17) is 9.59 Å². The molecule has 1 atom stereocenters. The molecule has 2 N–H and O–H groups in total. The molecule has 0 radical (unpaired) electrons. The number of carbonyl (C=O) groups excluding carboxylic acids is 4. The number of hydrogen-bond acceptors (Lipinski definition) is 5. The molecule has 1 aromatic heterocycles. The lowest BCUT2D eigenvalue weighted by molar-refractivity contribution is -0.191. The van der Waals surface area contributed by atoms with Gasteiger partial charge in [0.25, 0.3) is 11.7 Å². The fourth-order valence-electron chi connectivity index (χ4n) is 4.54. The lowest BCUT2D eigenvalue weighted by Crippen LogP contribution is -2.31. The quantitative estimate of drug-likeness (QED) is 0.247. The number of para-hydroxylation sites is 1. The number of amides is 1. The molecule has 1 fully saturated rings. The maximum atomic E-state index is 13.1. The summed E-state index contributed by atoms with van der Waals surface area (Å²) >= 11 is 0. The number of rotatable bonds is 5. The van der Waals surface area contributed by atoms with Gasteiger partial charge in [0.1, 0.15) is 5.76 Å². The molecule has 0 spiro atoms. The first-order valence-corrected chi connectivity index (χ1v) is 11.4. The molecular weight excluding hydrogens is 456 g/mol. The van der Waals surface area contributed by atoms with E-state index < -0.39 is 17.7 Å². The molecule has 7 heteroatoms. The molecule has 0 saturated carbocycles. The third kappa shape index (κ3) is 4.73. The highest BCUT2D eigenvalue weighted by Gasteiger charge is 2.45. The highest BCUT2D eigenvalue weighted by molar-refractivity contribution is 6.46. The zero-order chi connectivity index (χ0) is 25.7. The maximum Gasteiger partial charge on any atom is 0.373 e. The second-order valence-electron chi connectivity index (χ2n) is 8.46. The van der Waals surface area contributed by atoms with E-state index in [1.54, 1.807) is 29.2 Å². The minimum absolute atomic E-state index is 0.133. The highest BCUT2D eigenvalue weighted by Crippen LogP contribution is 2.39. The molecule has 4 aromatic rings. The number of likely N-dealkylation sites (tertiary alicyclic amines) is 1. The summed E-state index contributed by atoms with van der Waals surface area (Å²) < 4.78 is 0. The number of H-pyrrole nitrogens is 1. The van der Waals surface area contributed by atoms with Crippen LogP contribution in [-0.4, -0.2) is 39.4 Å². The Kier molecular flexibility index (Phi) is 7.23. The first-order valence-electron chi connectivity index (χ1n) is 11.4. The normalized spacial score (nSPS) is 16.5. The van der Waals surface area contributed by atoms with Crippen molar-refractivity contribution < 1.29 is 24.3 Å². The first kappa shape index (κ1) is 24.4. The Bertz CT molecular complexity index is 1460. The van der Waals surface area contributed by atoms with E-state index in [2.05, 4.69) is 4.98 Å². The third-order valence-electron chi connectivity index (χ3n) is 6.28. The largest absolute Gasteiger partial charge is 0.507 e. The van der Waals surface area contributed by atoms with Crippen molar-refractivity contribution in [3.63, 3.8) is 0 Å². The van der Waals surface area contributed by atoms with Crippen LogP contribution < -0.4 is 0 Å². The predicted octanol–water partition coefficient (Wildman–Crippen LogP) is 4.56. The van der Waals surface area contributed by atoms with Crippen molar-refractivity contribution in [2.75, 3.05) is 6.54 Å². The van der Waals surface area contributed by atoms with Gasteiger partial charge in [0.15, 0.2) is 0 Å². The fraction of sp³-hybridized carbons (Fsp3) is 0.138. The van der Waals surface area contributed by atoms with E-state index in [-0.39, 0.29) is 17.5 Å². The van der Waals surface area contributed by atoms with Gasteiger partial charge in [-0.2, -0.15) is 9.59 Å². The topological polar surface area (TPSA) is 108 Å². The summed E-state index contributed by atoms with van der Waals surface area (Å²) in [6.45, 7) is 2.35. The van der Waals surface area contributed by atoms with E-state index in [1.807, 2.05) is 67.7 Å². The molecule has 1 saturated heterocycles. The Labute approximate surface area is 207 Å². The van der Waals surface area contributed by atoms with Crippen LogP contribution in [0.4, 0.5) is 0 Å². The van der Waals surface area contributed by atoms with Gasteiger partial charge in [-0.3, -0.25) is 9.59 Å². The smallest absolute Gasteiger partial charge is 0.373 e. The van der Waals surface area contributed by atoms with Crippen molar-refractivity contribution in [1.29, 1.82) is 0 Å². The average Bonchev–Trinajstić information content (AvgIpc) is 3.42. The molecule has 3 aromatic carbocycles. The SMILES string of the molecule is Cc1ccc(C2C(=C(O)c3ccccc3)C(=O)C(=O)N2CCc2c[nH]c3ccccc23)cc1.O=C=O. The molecule has 1 aliphatic heterocycles. The molecule has 0 bridgehead atoms. The van der Waals surface area contributed by atoms with Gasteiger partial charge < -0.3 is 15.0 Å². The van der Waals surface area contributed by atoms with Crippen LogP contribution >= 0.6 is 0 Å². The van der Waals surface area contributed by atoms with Gasteiger partial charge in [-0.05, 0) is 30.5 Å². The van der Waals surface area contributed by atoms with Crippen molar-refractivity contribution >= 4 is 34.5 Å². The first-order chi connectivity index (χ1) is 17.5. The summed E-state index contributed by atoms with van der Waals surface area (Å²) in [7, 11) is 0. The summed E-state index contributed by atoms with van der Waals surface area (Å²) in [5, 5.41) is 12.2. The number of hydrogen-bond donors (Lipinski definition) is 2. The molecule has 0 aliphatic carbocycles.